The zero-order chi connectivity index (χ0) is 13.2. The van der Waals surface area contributed by atoms with Gasteiger partial charge in [0.25, 0.3) is 0 Å². The van der Waals surface area contributed by atoms with Gasteiger partial charge >= 0.3 is 0 Å². The summed E-state index contributed by atoms with van der Waals surface area (Å²) < 4.78 is 5.34. The molecule has 0 aromatic heterocycles. The maximum atomic E-state index is 11.5. The van der Waals surface area contributed by atoms with Crippen LogP contribution in [0.25, 0.3) is 0 Å². The second-order valence-electron chi connectivity index (χ2n) is 4.96. The zero-order valence-electron chi connectivity index (χ0n) is 11.7. The van der Waals surface area contributed by atoms with Crippen LogP contribution in [-0.2, 0) is 9.53 Å². The summed E-state index contributed by atoms with van der Waals surface area (Å²) in [6, 6.07) is 0. The predicted octanol–water partition coefficient (Wildman–Crippen LogP) is 0.213. The van der Waals surface area contributed by atoms with Gasteiger partial charge in [0.1, 0.15) is 0 Å². The first-order valence-corrected chi connectivity index (χ1v) is 7.00. The van der Waals surface area contributed by atoms with Gasteiger partial charge in [0, 0.05) is 39.1 Å². The van der Waals surface area contributed by atoms with Crippen LogP contribution in [0.1, 0.15) is 26.7 Å². The van der Waals surface area contributed by atoms with Crippen molar-refractivity contribution in [1.82, 2.24) is 15.5 Å². The molecule has 0 unspecified atom stereocenters. The SMILES string of the molecule is CC(C)OCCC(=O)NCCCN1CCNCC1. The Morgan fingerprint density at radius 1 is 1.39 bits per heavy atom. The Morgan fingerprint density at radius 2 is 2.11 bits per heavy atom. The number of amides is 1. The Kier molecular flexibility index (Phi) is 7.96. The Bertz CT molecular complexity index is 228. The average Bonchev–Trinajstić information content (AvgIpc) is 2.35. The number of carbonyl (C=O) groups excluding carboxylic acids is 1. The van der Waals surface area contributed by atoms with E-state index in [0.717, 1.165) is 45.7 Å². The van der Waals surface area contributed by atoms with Crippen molar-refractivity contribution in [2.75, 3.05) is 45.9 Å². The average molecular weight is 257 g/mol. The number of carbonyl (C=O) groups is 1. The van der Waals surface area contributed by atoms with Crippen molar-refractivity contribution in [2.45, 2.75) is 32.8 Å². The van der Waals surface area contributed by atoms with E-state index in [1.165, 1.54) is 0 Å². The Balaban J connectivity index is 1.91. The lowest BCUT2D eigenvalue weighted by molar-refractivity contribution is -0.122. The highest BCUT2D eigenvalue weighted by Crippen LogP contribution is 1.94. The van der Waals surface area contributed by atoms with E-state index in [1.54, 1.807) is 0 Å². The molecule has 5 heteroatoms. The molecule has 0 spiro atoms. The number of nitrogens with one attached hydrogen (secondary N) is 2. The fourth-order valence-corrected chi connectivity index (χ4v) is 1.94. The van der Waals surface area contributed by atoms with Crippen molar-refractivity contribution < 1.29 is 9.53 Å². The van der Waals surface area contributed by atoms with Gasteiger partial charge in [0.2, 0.25) is 5.91 Å². The zero-order valence-corrected chi connectivity index (χ0v) is 11.7. The van der Waals surface area contributed by atoms with Crippen molar-refractivity contribution in [3.05, 3.63) is 0 Å². The normalized spacial score (nSPS) is 17.1. The molecule has 1 amide bonds. The van der Waals surface area contributed by atoms with Crippen molar-refractivity contribution >= 4 is 5.91 Å². The molecule has 0 atom stereocenters. The van der Waals surface area contributed by atoms with Crippen molar-refractivity contribution in [3.8, 4) is 0 Å². The molecule has 1 rings (SSSR count). The minimum atomic E-state index is 0.0935. The van der Waals surface area contributed by atoms with Gasteiger partial charge in [-0.1, -0.05) is 0 Å². The van der Waals surface area contributed by atoms with E-state index >= 15 is 0 Å². The van der Waals surface area contributed by atoms with Crippen LogP contribution in [0, 0.1) is 0 Å². The van der Waals surface area contributed by atoms with Crippen LogP contribution in [0.4, 0.5) is 0 Å². The summed E-state index contributed by atoms with van der Waals surface area (Å²) in [5, 5.41) is 6.27. The van der Waals surface area contributed by atoms with Gasteiger partial charge in [-0.05, 0) is 26.8 Å². The molecule has 0 bridgehead atoms. The molecule has 0 aromatic carbocycles. The molecule has 0 radical (unpaired) electrons. The van der Waals surface area contributed by atoms with E-state index in [-0.39, 0.29) is 12.0 Å². The topological polar surface area (TPSA) is 53.6 Å². The lowest BCUT2D eigenvalue weighted by atomic mass is 10.3. The highest BCUT2D eigenvalue weighted by atomic mass is 16.5. The number of rotatable bonds is 8. The van der Waals surface area contributed by atoms with Crippen LogP contribution in [0.5, 0.6) is 0 Å². The van der Waals surface area contributed by atoms with Crippen LogP contribution in [-0.4, -0.2) is 62.8 Å². The maximum absolute atomic E-state index is 11.5. The summed E-state index contributed by atoms with van der Waals surface area (Å²) in [7, 11) is 0. The minimum Gasteiger partial charge on any atom is -0.378 e. The summed E-state index contributed by atoms with van der Waals surface area (Å²) in [6.45, 7) is 10.7. The summed E-state index contributed by atoms with van der Waals surface area (Å²) in [5.41, 5.74) is 0. The van der Waals surface area contributed by atoms with Gasteiger partial charge in [-0.3, -0.25) is 4.79 Å². The molecule has 1 aliphatic rings. The quantitative estimate of drug-likeness (QED) is 0.611. The molecule has 1 fully saturated rings. The number of nitrogens with zero attached hydrogens (tertiary/aromatic N) is 1. The number of ether oxygens (including phenoxy) is 1. The fourth-order valence-electron chi connectivity index (χ4n) is 1.94. The van der Waals surface area contributed by atoms with Crippen LogP contribution >= 0.6 is 0 Å². The Morgan fingerprint density at radius 3 is 2.78 bits per heavy atom. The third-order valence-electron chi connectivity index (χ3n) is 2.96. The molecule has 1 heterocycles. The van der Waals surface area contributed by atoms with Gasteiger partial charge in [-0.15, -0.1) is 0 Å². The summed E-state index contributed by atoms with van der Waals surface area (Å²) in [6.07, 6.45) is 1.69. The molecule has 106 valence electrons. The maximum Gasteiger partial charge on any atom is 0.222 e. The van der Waals surface area contributed by atoms with Gasteiger partial charge in [0.05, 0.1) is 12.7 Å². The molecular weight excluding hydrogens is 230 g/mol. The molecule has 2 N–H and O–H groups in total. The number of hydrogen-bond acceptors (Lipinski definition) is 4. The lowest BCUT2D eigenvalue weighted by Gasteiger charge is -2.27. The Hall–Kier alpha value is -0.650. The van der Waals surface area contributed by atoms with Crippen LogP contribution < -0.4 is 10.6 Å². The predicted molar refractivity (Wildman–Crippen MR) is 72.6 cm³/mol. The molecule has 5 nitrogen and oxygen atoms in total. The van der Waals surface area contributed by atoms with E-state index in [9.17, 15) is 4.79 Å². The molecule has 1 saturated heterocycles. The molecule has 1 aliphatic heterocycles. The van der Waals surface area contributed by atoms with Crippen LogP contribution in [0.2, 0.25) is 0 Å². The van der Waals surface area contributed by atoms with Crippen molar-refractivity contribution in [1.29, 1.82) is 0 Å². The van der Waals surface area contributed by atoms with E-state index in [4.69, 9.17) is 4.74 Å². The Labute approximate surface area is 110 Å². The third kappa shape index (κ3) is 7.63. The first kappa shape index (κ1) is 15.4. The minimum absolute atomic E-state index is 0.0935. The summed E-state index contributed by atoms with van der Waals surface area (Å²) in [5.74, 6) is 0.0935. The van der Waals surface area contributed by atoms with Gasteiger partial charge < -0.3 is 20.3 Å². The highest BCUT2D eigenvalue weighted by Gasteiger charge is 2.08. The summed E-state index contributed by atoms with van der Waals surface area (Å²) >= 11 is 0. The first-order valence-electron chi connectivity index (χ1n) is 7.00. The van der Waals surface area contributed by atoms with E-state index in [2.05, 4.69) is 15.5 Å². The second-order valence-corrected chi connectivity index (χ2v) is 4.96. The first-order chi connectivity index (χ1) is 8.68. The third-order valence-corrected chi connectivity index (χ3v) is 2.96. The van der Waals surface area contributed by atoms with Gasteiger partial charge in [0.15, 0.2) is 0 Å². The lowest BCUT2D eigenvalue weighted by Crippen LogP contribution is -2.44. The molecule has 0 aliphatic carbocycles. The van der Waals surface area contributed by atoms with Crippen LogP contribution in [0.3, 0.4) is 0 Å². The fraction of sp³-hybridized carbons (Fsp3) is 0.923. The number of piperazine rings is 1. The largest absolute Gasteiger partial charge is 0.378 e. The monoisotopic (exact) mass is 257 g/mol. The number of hydrogen-bond donors (Lipinski definition) is 2. The van der Waals surface area contributed by atoms with Gasteiger partial charge in [-0.25, -0.2) is 0 Å². The standard InChI is InChI=1S/C13H27N3O2/c1-12(2)18-11-4-13(17)15-5-3-8-16-9-6-14-7-10-16/h12,14H,3-11H2,1-2H3,(H,15,17). The molecule has 18 heavy (non-hydrogen) atoms. The van der Waals surface area contributed by atoms with Gasteiger partial charge in [-0.2, -0.15) is 0 Å². The second kappa shape index (κ2) is 9.30. The smallest absolute Gasteiger partial charge is 0.222 e. The van der Waals surface area contributed by atoms with Crippen molar-refractivity contribution in [2.24, 2.45) is 0 Å². The van der Waals surface area contributed by atoms with Crippen molar-refractivity contribution in [3.63, 3.8) is 0 Å². The highest BCUT2D eigenvalue weighted by molar-refractivity contribution is 5.75. The van der Waals surface area contributed by atoms with E-state index in [0.29, 0.717) is 13.0 Å². The molecule has 0 aromatic rings. The summed E-state index contributed by atoms with van der Waals surface area (Å²) in [4.78, 5) is 13.9. The molecule has 0 saturated carbocycles. The van der Waals surface area contributed by atoms with E-state index < -0.39 is 0 Å². The van der Waals surface area contributed by atoms with Crippen LogP contribution in [0.15, 0.2) is 0 Å². The van der Waals surface area contributed by atoms with E-state index in [1.807, 2.05) is 13.8 Å². The molecular formula is C13H27N3O2.